The van der Waals surface area contributed by atoms with E-state index in [9.17, 15) is 4.79 Å². The molecular formula is C12H20N4O. The molecule has 0 bridgehead atoms. The van der Waals surface area contributed by atoms with Crippen molar-refractivity contribution in [2.24, 2.45) is 5.84 Å². The van der Waals surface area contributed by atoms with Crippen molar-refractivity contribution in [3.63, 3.8) is 0 Å². The van der Waals surface area contributed by atoms with E-state index in [-0.39, 0.29) is 11.4 Å². The third kappa shape index (κ3) is 3.42. The van der Waals surface area contributed by atoms with Gasteiger partial charge in [0.15, 0.2) is 0 Å². The zero-order chi connectivity index (χ0) is 12.9. The first-order valence-corrected chi connectivity index (χ1v) is 5.81. The van der Waals surface area contributed by atoms with Gasteiger partial charge in [-0.05, 0) is 31.9 Å². The largest absolute Gasteiger partial charge is 0.346 e. The molecule has 0 saturated heterocycles. The van der Waals surface area contributed by atoms with Crippen LogP contribution >= 0.6 is 0 Å². The van der Waals surface area contributed by atoms with Crippen LogP contribution in [0.15, 0.2) is 18.2 Å². The Morgan fingerprint density at radius 2 is 2.06 bits per heavy atom. The lowest BCUT2D eigenvalue weighted by atomic mass is 9.95. The predicted octanol–water partition coefficient (Wildman–Crippen LogP) is 1.68. The highest BCUT2D eigenvalue weighted by atomic mass is 16.2. The average Bonchev–Trinajstić information content (AvgIpc) is 2.38. The van der Waals surface area contributed by atoms with Gasteiger partial charge in [0, 0.05) is 5.54 Å². The lowest BCUT2D eigenvalue weighted by molar-refractivity contribution is 0.0896. The number of nitrogen functional groups attached to an aromatic ring is 1. The van der Waals surface area contributed by atoms with Gasteiger partial charge in [-0.2, -0.15) is 0 Å². The normalized spacial score (nSPS) is 11.1. The van der Waals surface area contributed by atoms with Crippen molar-refractivity contribution >= 4 is 11.7 Å². The zero-order valence-electron chi connectivity index (χ0n) is 10.6. The summed E-state index contributed by atoms with van der Waals surface area (Å²) in [6, 6.07) is 5.11. The van der Waals surface area contributed by atoms with Crippen LogP contribution < -0.4 is 16.6 Å². The van der Waals surface area contributed by atoms with E-state index in [2.05, 4.69) is 29.6 Å². The van der Waals surface area contributed by atoms with Gasteiger partial charge in [0.2, 0.25) is 0 Å². The van der Waals surface area contributed by atoms with Crippen LogP contribution in [0.3, 0.4) is 0 Å². The molecule has 0 aromatic carbocycles. The minimum Gasteiger partial charge on any atom is -0.346 e. The van der Waals surface area contributed by atoms with Gasteiger partial charge in [-0.15, -0.1) is 0 Å². The maximum Gasteiger partial charge on any atom is 0.270 e. The highest BCUT2D eigenvalue weighted by molar-refractivity contribution is 5.93. The quantitative estimate of drug-likeness (QED) is 0.536. The Bertz CT molecular complexity index is 388. The minimum atomic E-state index is -0.190. The van der Waals surface area contributed by atoms with Crippen LogP contribution in [0.1, 0.15) is 44.1 Å². The number of pyridine rings is 1. The number of hydrogen-bond acceptors (Lipinski definition) is 4. The molecule has 5 nitrogen and oxygen atoms in total. The van der Waals surface area contributed by atoms with Crippen LogP contribution in [0.2, 0.25) is 0 Å². The third-order valence-corrected chi connectivity index (χ3v) is 3.11. The van der Waals surface area contributed by atoms with E-state index in [0.717, 1.165) is 12.8 Å². The number of rotatable bonds is 5. The fraction of sp³-hybridized carbons (Fsp3) is 0.500. The Balaban J connectivity index is 2.82. The van der Waals surface area contributed by atoms with E-state index in [1.165, 1.54) is 0 Å². The SMILES string of the molecule is CCC(C)(CC)NC(=O)c1cccc(NN)n1. The molecule has 0 saturated carbocycles. The van der Waals surface area contributed by atoms with E-state index in [4.69, 9.17) is 5.84 Å². The highest BCUT2D eigenvalue weighted by Gasteiger charge is 2.23. The Kier molecular flexibility index (Phi) is 4.45. The molecule has 0 spiro atoms. The van der Waals surface area contributed by atoms with Crippen LogP contribution in [0.5, 0.6) is 0 Å². The summed E-state index contributed by atoms with van der Waals surface area (Å²) in [6.45, 7) is 6.13. The molecule has 5 heteroatoms. The van der Waals surface area contributed by atoms with E-state index < -0.39 is 0 Å². The number of aromatic nitrogens is 1. The van der Waals surface area contributed by atoms with Crippen LogP contribution in [0.25, 0.3) is 0 Å². The second-order valence-corrected chi connectivity index (χ2v) is 4.27. The molecule has 0 atom stereocenters. The average molecular weight is 236 g/mol. The summed E-state index contributed by atoms with van der Waals surface area (Å²) in [5, 5.41) is 2.99. The summed E-state index contributed by atoms with van der Waals surface area (Å²) in [5.74, 6) is 5.56. The Hall–Kier alpha value is -1.62. The summed E-state index contributed by atoms with van der Waals surface area (Å²) in [5.41, 5.74) is 2.60. The number of hydrazine groups is 1. The Morgan fingerprint density at radius 3 is 2.59 bits per heavy atom. The van der Waals surface area contributed by atoms with E-state index >= 15 is 0 Å². The van der Waals surface area contributed by atoms with Crippen LogP contribution in [0, 0.1) is 0 Å². The molecule has 0 radical (unpaired) electrons. The lowest BCUT2D eigenvalue weighted by Crippen LogP contribution is -2.45. The molecule has 0 fully saturated rings. The van der Waals surface area contributed by atoms with Gasteiger partial charge in [-0.3, -0.25) is 4.79 Å². The topological polar surface area (TPSA) is 80.0 Å². The van der Waals surface area contributed by atoms with Gasteiger partial charge in [-0.25, -0.2) is 10.8 Å². The maximum absolute atomic E-state index is 12.0. The third-order valence-electron chi connectivity index (χ3n) is 3.11. The Morgan fingerprint density at radius 1 is 1.41 bits per heavy atom. The standard InChI is InChI=1S/C12H20N4O/c1-4-12(3,5-2)15-11(17)9-7-6-8-10(14-9)16-13/h6-8H,4-5,13H2,1-3H3,(H,14,16)(H,15,17). The monoisotopic (exact) mass is 236 g/mol. The number of hydrogen-bond donors (Lipinski definition) is 3. The van der Waals surface area contributed by atoms with Crippen molar-refractivity contribution in [3.05, 3.63) is 23.9 Å². The molecule has 0 aliphatic rings. The number of amides is 1. The van der Waals surface area contributed by atoms with Crippen LogP contribution in [0.4, 0.5) is 5.82 Å². The smallest absolute Gasteiger partial charge is 0.270 e. The fourth-order valence-electron chi connectivity index (χ4n) is 1.41. The molecule has 0 unspecified atom stereocenters. The molecule has 1 amide bonds. The van der Waals surface area contributed by atoms with Crippen molar-refractivity contribution in [3.8, 4) is 0 Å². The number of nitrogens with zero attached hydrogens (tertiary/aromatic N) is 1. The number of nitrogens with one attached hydrogen (secondary N) is 2. The van der Waals surface area contributed by atoms with Crippen LogP contribution in [-0.4, -0.2) is 16.4 Å². The molecule has 1 rings (SSSR count). The summed E-state index contributed by atoms with van der Waals surface area (Å²) >= 11 is 0. The first kappa shape index (κ1) is 13.4. The first-order valence-electron chi connectivity index (χ1n) is 5.81. The molecule has 1 aromatic heterocycles. The van der Waals surface area contributed by atoms with E-state index in [1.807, 2.05) is 6.92 Å². The molecule has 1 aromatic rings. The number of anilines is 1. The van der Waals surface area contributed by atoms with Gasteiger partial charge in [0.25, 0.3) is 5.91 Å². The van der Waals surface area contributed by atoms with E-state index in [0.29, 0.717) is 11.5 Å². The second-order valence-electron chi connectivity index (χ2n) is 4.27. The second kappa shape index (κ2) is 5.63. The molecule has 4 N–H and O–H groups in total. The first-order chi connectivity index (χ1) is 8.04. The number of nitrogens with two attached hydrogens (primary N) is 1. The van der Waals surface area contributed by atoms with Crippen molar-refractivity contribution in [2.75, 3.05) is 5.43 Å². The van der Waals surface area contributed by atoms with Crippen molar-refractivity contribution in [1.29, 1.82) is 0 Å². The molecular weight excluding hydrogens is 216 g/mol. The minimum absolute atomic E-state index is 0.173. The van der Waals surface area contributed by atoms with Crippen molar-refractivity contribution < 1.29 is 4.79 Å². The fourth-order valence-corrected chi connectivity index (χ4v) is 1.41. The zero-order valence-corrected chi connectivity index (χ0v) is 10.6. The Labute approximate surface area is 102 Å². The van der Waals surface area contributed by atoms with Gasteiger partial charge >= 0.3 is 0 Å². The maximum atomic E-state index is 12.0. The van der Waals surface area contributed by atoms with E-state index in [1.54, 1.807) is 18.2 Å². The van der Waals surface area contributed by atoms with Gasteiger partial charge in [0.1, 0.15) is 11.5 Å². The number of carbonyl (C=O) groups is 1. The molecule has 0 aliphatic carbocycles. The molecule has 0 aliphatic heterocycles. The van der Waals surface area contributed by atoms with Gasteiger partial charge < -0.3 is 10.7 Å². The summed E-state index contributed by atoms with van der Waals surface area (Å²) in [6.07, 6.45) is 1.76. The van der Waals surface area contributed by atoms with Crippen LogP contribution in [-0.2, 0) is 0 Å². The molecule has 17 heavy (non-hydrogen) atoms. The summed E-state index contributed by atoms with van der Waals surface area (Å²) < 4.78 is 0. The summed E-state index contributed by atoms with van der Waals surface area (Å²) in [7, 11) is 0. The molecule has 94 valence electrons. The predicted molar refractivity (Wildman–Crippen MR) is 68.5 cm³/mol. The summed E-state index contributed by atoms with van der Waals surface area (Å²) in [4.78, 5) is 16.1. The van der Waals surface area contributed by atoms with Crippen molar-refractivity contribution in [1.82, 2.24) is 10.3 Å². The van der Waals surface area contributed by atoms with Gasteiger partial charge in [-0.1, -0.05) is 19.9 Å². The highest BCUT2D eigenvalue weighted by Crippen LogP contribution is 2.14. The number of carbonyl (C=O) groups excluding carboxylic acids is 1. The molecule has 1 heterocycles. The van der Waals surface area contributed by atoms with Gasteiger partial charge in [0.05, 0.1) is 0 Å². The lowest BCUT2D eigenvalue weighted by Gasteiger charge is -2.28. The van der Waals surface area contributed by atoms with Crippen molar-refractivity contribution in [2.45, 2.75) is 39.2 Å².